The summed E-state index contributed by atoms with van der Waals surface area (Å²) in [7, 11) is 0. The Kier molecular flexibility index (Phi) is 5.19. The molecule has 0 aliphatic rings. The number of nitrogens with two attached hydrogens (primary N) is 1. The number of hydrogen-bond donors (Lipinski definition) is 2. The highest BCUT2D eigenvalue weighted by Gasteiger charge is 2.08. The summed E-state index contributed by atoms with van der Waals surface area (Å²) in [5.41, 5.74) is 6.78. The Balaban J connectivity index is 1.94. The summed E-state index contributed by atoms with van der Waals surface area (Å²) in [5.74, 6) is -2.01. The number of carbonyl (C=O) groups excluding carboxylic acids is 1. The molecule has 0 atom stereocenters. The van der Waals surface area contributed by atoms with E-state index in [-0.39, 0.29) is 11.7 Å². The molecule has 2 aromatic rings. The predicted octanol–water partition coefficient (Wildman–Crippen LogP) is 4.04. The van der Waals surface area contributed by atoms with E-state index in [9.17, 15) is 13.6 Å². The fraction of sp³-hybridized carbons (Fsp3) is 0.0714. The van der Waals surface area contributed by atoms with Gasteiger partial charge < -0.3 is 11.1 Å². The Labute approximate surface area is 133 Å². The van der Waals surface area contributed by atoms with Gasteiger partial charge >= 0.3 is 0 Å². The number of thioether (sulfide) groups is 1. The number of anilines is 2. The smallest absolute Gasteiger partial charge is 0.234 e. The molecule has 0 bridgehead atoms. The van der Waals surface area contributed by atoms with Crippen LogP contribution >= 0.6 is 27.7 Å². The molecular formula is C14H11BrF2N2OS. The monoisotopic (exact) mass is 372 g/mol. The number of nitrogen functional groups attached to an aromatic ring is 1. The SMILES string of the molecule is Nc1ccc(NC(=O)CSc2ccc(F)c(F)c2)c(Br)c1. The zero-order valence-corrected chi connectivity index (χ0v) is 13.1. The van der Waals surface area contributed by atoms with Crippen LogP contribution in [-0.2, 0) is 4.79 Å². The fourth-order valence-corrected chi connectivity index (χ4v) is 2.75. The lowest BCUT2D eigenvalue weighted by molar-refractivity contribution is -0.113. The van der Waals surface area contributed by atoms with Crippen LogP contribution in [0.2, 0.25) is 0 Å². The Bertz CT molecular complexity index is 682. The Morgan fingerprint density at radius 2 is 1.95 bits per heavy atom. The number of benzene rings is 2. The molecule has 0 unspecified atom stereocenters. The quantitative estimate of drug-likeness (QED) is 0.628. The van der Waals surface area contributed by atoms with Crippen molar-refractivity contribution in [3.8, 4) is 0 Å². The highest BCUT2D eigenvalue weighted by molar-refractivity contribution is 9.10. The number of halogens is 3. The van der Waals surface area contributed by atoms with Crippen LogP contribution in [0, 0.1) is 11.6 Å². The maximum absolute atomic E-state index is 13.0. The number of carbonyl (C=O) groups is 1. The van der Waals surface area contributed by atoms with E-state index in [1.54, 1.807) is 18.2 Å². The highest BCUT2D eigenvalue weighted by atomic mass is 79.9. The normalized spacial score (nSPS) is 10.4. The van der Waals surface area contributed by atoms with E-state index >= 15 is 0 Å². The van der Waals surface area contributed by atoms with Crippen LogP contribution in [0.1, 0.15) is 0 Å². The lowest BCUT2D eigenvalue weighted by Crippen LogP contribution is -2.14. The first-order chi connectivity index (χ1) is 9.95. The standard InChI is InChI=1S/C14H11BrF2N2OS/c15-10-5-8(18)1-4-13(10)19-14(20)7-21-9-2-3-11(16)12(17)6-9/h1-6H,7,18H2,(H,19,20). The second-order valence-corrected chi connectivity index (χ2v) is 6.06. The Morgan fingerprint density at radius 3 is 2.62 bits per heavy atom. The average molecular weight is 373 g/mol. The van der Waals surface area contributed by atoms with Gasteiger partial charge in [-0.15, -0.1) is 11.8 Å². The summed E-state index contributed by atoms with van der Waals surface area (Å²) in [6.45, 7) is 0. The molecule has 110 valence electrons. The number of rotatable bonds is 4. The maximum atomic E-state index is 13.0. The first-order valence-electron chi connectivity index (χ1n) is 5.88. The van der Waals surface area contributed by atoms with Gasteiger partial charge in [-0.25, -0.2) is 8.78 Å². The van der Waals surface area contributed by atoms with Crippen LogP contribution in [-0.4, -0.2) is 11.7 Å². The highest BCUT2D eigenvalue weighted by Crippen LogP contribution is 2.25. The van der Waals surface area contributed by atoms with E-state index in [0.717, 1.165) is 23.9 Å². The van der Waals surface area contributed by atoms with Crippen molar-refractivity contribution in [3.05, 3.63) is 52.5 Å². The molecule has 0 aliphatic carbocycles. The molecule has 0 heterocycles. The molecule has 0 spiro atoms. The predicted molar refractivity (Wildman–Crippen MR) is 84.3 cm³/mol. The second kappa shape index (κ2) is 6.91. The third kappa shape index (κ3) is 4.44. The molecule has 0 aromatic heterocycles. The van der Waals surface area contributed by atoms with Gasteiger partial charge in [-0.1, -0.05) is 0 Å². The third-order valence-corrected chi connectivity index (χ3v) is 4.18. The van der Waals surface area contributed by atoms with Crippen LogP contribution < -0.4 is 11.1 Å². The van der Waals surface area contributed by atoms with Gasteiger partial charge in [0, 0.05) is 15.1 Å². The Hall–Kier alpha value is -1.60. The van der Waals surface area contributed by atoms with Crippen molar-refractivity contribution in [1.29, 1.82) is 0 Å². The summed E-state index contributed by atoms with van der Waals surface area (Å²) >= 11 is 4.42. The summed E-state index contributed by atoms with van der Waals surface area (Å²) in [5, 5.41) is 2.70. The molecule has 1 amide bonds. The van der Waals surface area contributed by atoms with Gasteiger partial charge in [-0.2, -0.15) is 0 Å². The van der Waals surface area contributed by atoms with Crippen molar-refractivity contribution in [2.75, 3.05) is 16.8 Å². The third-order valence-electron chi connectivity index (χ3n) is 2.53. The minimum absolute atomic E-state index is 0.0852. The summed E-state index contributed by atoms with van der Waals surface area (Å²) in [6, 6.07) is 8.55. The maximum Gasteiger partial charge on any atom is 0.234 e. The van der Waals surface area contributed by atoms with E-state index in [0.29, 0.717) is 20.7 Å². The average Bonchev–Trinajstić information content (AvgIpc) is 2.43. The van der Waals surface area contributed by atoms with Gasteiger partial charge in [0.05, 0.1) is 11.4 Å². The van der Waals surface area contributed by atoms with E-state index in [1.807, 2.05) is 0 Å². The van der Waals surface area contributed by atoms with Gasteiger partial charge in [0.15, 0.2) is 11.6 Å². The molecule has 21 heavy (non-hydrogen) atoms. The number of hydrogen-bond acceptors (Lipinski definition) is 3. The molecule has 0 saturated carbocycles. The zero-order chi connectivity index (χ0) is 15.4. The molecule has 0 saturated heterocycles. The van der Waals surface area contributed by atoms with Crippen molar-refractivity contribution in [2.24, 2.45) is 0 Å². The van der Waals surface area contributed by atoms with Crippen LogP contribution in [0.5, 0.6) is 0 Å². The first kappa shape index (κ1) is 15.8. The minimum atomic E-state index is -0.929. The molecular weight excluding hydrogens is 362 g/mol. The van der Waals surface area contributed by atoms with E-state index in [4.69, 9.17) is 5.73 Å². The van der Waals surface area contributed by atoms with E-state index in [2.05, 4.69) is 21.2 Å². The van der Waals surface area contributed by atoms with Crippen molar-refractivity contribution < 1.29 is 13.6 Å². The van der Waals surface area contributed by atoms with Crippen molar-refractivity contribution >= 4 is 45.0 Å². The molecule has 3 nitrogen and oxygen atoms in total. The van der Waals surface area contributed by atoms with E-state index in [1.165, 1.54) is 6.07 Å². The second-order valence-electron chi connectivity index (χ2n) is 4.15. The molecule has 2 rings (SSSR count). The molecule has 0 aliphatic heterocycles. The largest absolute Gasteiger partial charge is 0.399 e. The molecule has 7 heteroatoms. The van der Waals surface area contributed by atoms with Gasteiger partial charge in [0.1, 0.15) is 0 Å². The first-order valence-corrected chi connectivity index (χ1v) is 7.66. The van der Waals surface area contributed by atoms with Gasteiger partial charge in [-0.05, 0) is 52.3 Å². The molecule has 0 radical (unpaired) electrons. The lowest BCUT2D eigenvalue weighted by Gasteiger charge is -2.08. The summed E-state index contributed by atoms with van der Waals surface area (Å²) < 4.78 is 26.5. The Morgan fingerprint density at radius 1 is 1.19 bits per heavy atom. The number of nitrogens with one attached hydrogen (secondary N) is 1. The lowest BCUT2D eigenvalue weighted by atomic mass is 10.3. The fourth-order valence-electron chi connectivity index (χ4n) is 1.53. The molecule has 2 aromatic carbocycles. The topological polar surface area (TPSA) is 55.1 Å². The molecule has 3 N–H and O–H groups in total. The minimum Gasteiger partial charge on any atom is -0.399 e. The van der Waals surface area contributed by atoms with Crippen molar-refractivity contribution in [3.63, 3.8) is 0 Å². The van der Waals surface area contributed by atoms with Crippen molar-refractivity contribution in [1.82, 2.24) is 0 Å². The molecule has 0 fully saturated rings. The van der Waals surface area contributed by atoms with Gasteiger partial charge in [-0.3, -0.25) is 4.79 Å². The van der Waals surface area contributed by atoms with Crippen LogP contribution in [0.25, 0.3) is 0 Å². The van der Waals surface area contributed by atoms with Crippen molar-refractivity contribution in [2.45, 2.75) is 4.90 Å². The summed E-state index contributed by atoms with van der Waals surface area (Å²) in [4.78, 5) is 12.3. The summed E-state index contributed by atoms with van der Waals surface area (Å²) in [6.07, 6.45) is 0. The van der Waals surface area contributed by atoms with E-state index < -0.39 is 11.6 Å². The van der Waals surface area contributed by atoms with Crippen LogP contribution in [0.15, 0.2) is 45.8 Å². The van der Waals surface area contributed by atoms with Crippen LogP contribution in [0.4, 0.5) is 20.2 Å². The van der Waals surface area contributed by atoms with Crippen LogP contribution in [0.3, 0.4) is 0 Å². The number of amides is 1. The van der Waals surface area contributed by atoms with Gasteiger partial charge in [0.25, 0.3) is 0 Å². The van der Waals surface area contributed by atoms with Gasteiger partial charge in [0.2, 0.25) is 5.91 Å². The zero-order valence-electron chi connectivity index (χ0n) is 10.7.